The van der Waals surface area contributed by atoms with E-state index in [-0.39, 0.29) is 29.5 Å². The van der Waals surface area contributed by atoms with Crippen LogP contribution in [0.1, 0.15) is 42.3 Å². The number of aromatic nitrogens is 6. The van der Waals surface area contributed by atoms with Gasteiger partial charge in [0.05, 0.1) is 24.8 Å². The van der Waals surface area contributed by atoms with Crippen molar-refractivity contribution in [1.82, 2.24) is 29.9 Å². The molecule has 56 heavy (non-hydrogen) atoms. The maximum absolute atomic E-state index is 12.0. The lowest BCUT2D eigenvalue weighted by Crippen LogP contribution is -2.27. The Morgan fingerprint density at radius 1 is 1.02 bits per heavy atom. The van der Waals surface area contributed by atoms with Gasteiger partial charge in [0.2, 0.25) is 5.13 Å². The van der Waals surface area contributed by atoms with E-state index in [9.17, 15) is 29.8 Å². The summed E-state index contributed by atoms with van der Waals surface area (Å²) in [5.41, 5.74) is 9.20. The predicted molar refractivity (Wildman–Crippen MR) is 208 cm³/mol. The van der Waals surface area contributed by atoms with Crippen molar-refractivity contribution >= 4 is 74.5 Å². The maximum atomic E-state index is 12.0. The fraction of sp³-hybridized carbons (Fsp3) is 0.171. The minimum atomic E-state index is -0.659. The molecule has 0 bridgehead atoms. The molecule has 5 heterocycles. The molecule has 21 heteroatoms. The van der Waals surface area contributed by atoms with E-state index in [0.717, 1.165) is 45.9 Å². The summed E-state index contributed by atoms with van der Waals surface area (Å²) in [5.74, 6) is -0.903. The third-order valence-corrected chi connectivity index (χ3v) is 8.67. The van der Waals surface area contributed by atoms with Crippen molar-refractivity contribution in [2.75, 3.05) is 11.9 Å². The second-order valence-electron chi connectivity index (χ2n) is 12.3. The average molecular weight is 795 g/mol. The number of nitrogens with two attached hydrogens (primary N) is 1. The summed E-state index contributed by atoms with van der Waals surface area (Å²) in [7, 11) is 0. The molecule has 284 valence electrons. The molecule has 2 aromatic carbocycles. The van der Waals surface area contributed by atoms with Crippen LogP contribution in [0.15, 0.2) is 89.1 Å². The monoisotopic (exact) mass is 794 g/mol. The first-order valence-corrected chi connectivity index (χ1v) is 17.8. The van der Waals surface area contributed by atoms with Crippen molar-refractivity contribution in [3.63, 3.8) is 0 Å². The highest BCUT2D eigenvalue weighted by Gasteiger charge is 2.20. The highest BCUT2D eigenvalue weighted by molar-refractivity contribution is 8.03. The minimum absolute atomic E-state index is 0.166. The van der Waals surface area contributed by atoms with Crippen molar-refractivity contribution in [1.29, 1.82) is 5.26 Å². The Kier molecular flexibility index (Phi) is 12.8. The van der Waals surface area contributed by atoms with Gasteiger partial charge in [-0.15, -0.1) is 10.2 Å². The molecule has 0 spiro atoms. The first-order valence-electron chi connectivity index (χ1n) is 16.2. The number of carbonyl (C=O) groups excluding carboxylic acids is 2. The number of benzene rings is 2. The first-order chi connectivity index (χ1) is 26.7. The molecule has 0 aliphatic carbocycles. The Morgan fingerprint density at radius 2 is 1.75 bits per heavy atom. The SMILES string of the molecule is CC(C)(C)OC(=O)n1ncc2cc(SC#N)ccc21.NCC(=O)c1ccnc([N+](=O)[O-])c1.O=[N+]([O-])c1cc(-c2nnc(Nc3ccc4c(c3)C=NC4)s2)ccn1. The van der Waals surface area contributed by atoms with Crippen molar-refractivity contribution in [2.45, 2.75) is 37.8 Å². The Labute approximate surface area is 325 Å². The number of nitrogens with zero attached hydrogens (tertiary/aromatic N) is 10. The lowest BCUT2D eigenvalue weighted by molar-refractivity contribution is -0.389. The van der Waals surface area contributed by atoms with Gasteiger partial charge < -0.3 is 36.0 Å². The number of nitro groups is 2. The van der Waals surface area contributed by atoms with Crippen LogP contribution >= 0.6 is 23.1 Å². The van der Waals surface area contributed by atoms with Gasteiger partial charge in [0, 0.05) is 45.4 Å². The van der Waals surface area contributed by atoms with E-state index in [1.54, 1.807) is 45.2 Å². The zero-order valence-electron chi connectivity index (χ0n) is 29.7. The summed E-state index contributed by atoms with van der Waals surface area (Å²) < 4.78 is 6.50. The molecule has 0 unspecified atom stereocenters. The number of hydrogen-bond acceptors (Lipinski definition) is 18. The van der Waals surface area contributed by atoms with Crippen molar-refractivity contribution < 1.29 is 24.2 Å². The van der Waals surface area contributed by atoms with Gasteiger partial charge in [-0.1, -0.05) is 17.4 Å². The van der Waals surface area contributed by atoms with Gasteiger partial charge in [0.25, 0.3) is 0 Å². The van der Waals surface area contributed by atoms with Gasteiger partial charge >= 0.3 is 17.7 Å². The summed E-state index contributed by atoms with van der Waals surface area (Å²) in [5, 5.41) is 49.1. The Hall–Kier alpha value is -7.02. The van der Waals surface area contributed by atoms with Crippen LogP contribution in [0.5, 0.6) is 0 Å². The number of Topliss-reactive ketones (excluding diaryl/α,β-unsaturated/α-hetero) is 1. The van der Waals surface area contributed by atoms with Crippen LogP contribution in [0, 0.1) is 30.9 Å². The number of anilines is 2. The van der Waals surface area contributed by atoms with Gasteiger partial charge in [0.15, 0.2) is 5.78 Å². The van der Waals surface area contributed by atoms with Crippen LogP contribution in [-0.4, -0.2) is 70.0 Å². The summed E-state index contributed by atoms with van der Waals surface area (Å²) in [4.78, 5) is 55.1. The van der Waals surface area contributed by atoms with Crippen LogP contribution in [0.3, 0.4) is 0 Å². The summed E-state index contributed by atoms with van der Waals surface area (Å²) in [6.45, 7) is 5.97. The number of ketones is 1. The van der Waals surface area contributed by atoms with Crippen LogP contribution in [0.2, 0.25) is 0 Å². The molecule has 0 saturated carbocycles. The number of fused-ring (bicyclic) bond motifs is 2. The minimum Gasteiger partial charge on any atom is -0.442 e. The van der Waals surface area contributed by atoms with Gasteiger partial charge in [-0.3, -0.25) is 9.79 Å². The summed E-state index contributed by atoms with van der Waals surface area (Å²) >= 11 is 2.39. The molecule has 0 radical (unpaired) electrons. The quantitative estimate of drug-likeness (QED) is 0.0532. The molecule has 3 N–H and O–H groups in total. The summed E-state index contributed by atoms with van der Waals surface area (Å²) in [6.07, 6.45) is 5.52. The third-order valence-electron chi connectivity index (χ3n) is 7.20. The number of carbonyl (C=O) groups is 2. The molecule has 6 aromatic rings. The lowest BCUT2D eigenvalue weighted by Gasteiger charge is -2.19. The summed E-state index contributed by atoms with van der Waals surface area (Å²) in [6, 6.07) is 16.9. The Balaban J connectivity index is 0.000000169. The standard InChI is InChI=1S/C15H10N6O2S.C13H13N3O2S.C7H7N3O3/c22-21(23)13-6-9(3-4-17-13)14-19-20-15(24-14)18-12-2-1-10-7-16-8-11(10)5-12;1-13(2,3)18-12(17)16-11-5-4-10(19-8-14)6-9(11)7-15-16;8-4-6(11)5-1-2-9-7(3-5)10(12)13/h1-6,8H,7H2,(H,18,20);4-7H,1-3H3;1-3H,4,8H2. The normalized spacial score (nSPS) is 11.3. The number of aliphatic imine (C=N–C) groups is 1. The average Bonchev–Trinajstić information content (AvgIpc) is 3.95. The van der Waals surface area contributed by atoms with E-state index >= 15 is 0 Å². The molecular formula is C35H30N12O7S2. The number of nitrogens with one attached hydrogen (secondary N) is 1. The predicted octanol–water partition coefficient (Wildman–Crippen LogP) is 6.71. The molecule has 4 aromatic heterocycles. The molecule has 0 atom stereocenters. The molecule has 1 aliphatic heterocycles. The Bertz CT molecular complexity index is 2510. The zero-order valence-corrected chi connectivity index (χ0v) is 31.4. The Morgan fingerprint density at radius 3 is 2.45 bits per heavy atom. The maximum Gasteiger partial charge on any atom is 0.435 e. The number of nitriles is 1. The van der Waals surface area contributed by atoms with Crippen LogP contribution in [-0.2, 0) is 11.3 Å². The van der Waals surface area contributed by atoms with Gasteiger partial charge in [-0.25, -0.2) is 4.79 Å². The third kappa shape index (κ3) is 10.6. The van der Waals surface area contributed by atoms with E-state index in [0.29, 0.717) is 21.2 Å². The smallest absolute Gasteiger partial charge is 0.435 e. The molecule has 19 nitrogen and oxygen atoms in total. The number of hydrogen-bond donors (Lipinski definition) is 2. The van der Waals surface area contributed by atoms with Gasteiger partial charge in [0.1, 0.15) is 28.4 Å². The highest BCUT2D eigenvalue weighted by atomic mass is 32.2. The van der Waals surface area contributed by atoms with Crippen LogP contribution < -0.4 is 11.1 Å². The molecule has 0 fully saturated rings. The van der Waals surface area contributed by atoms with Crippen molar-refractivity contribution in [2.24, 2.45) is 10.7 Å². The zero-order chi connectivity index (χ0) is 40.4. The highest BCUT2D eigenvalue weighted by Crippen LogP contribution is 2.30. The molecule has 7 rings (SSSR count). The number of pyridine rings is 2. The number of ether oxygens (including phenoxy) is 1. The lowest BCUT2D eigenvalue weighted by atomic mass is 10.1. The van der Waals surface area contributed by atoms with E-state index in [1.165, 1.54) is 46.1 Å². The van der Waals surface area contributed by atoms with Gasteiger partial charge in [-0.05, 0) is 106 Å². The van der Waals surface area contributed by atoms with E-state index < -0.39 is 21.5 Å². The largest absolute Gasteiger partial charge is 0.442 e. The van der Waals surface area contributed by atoms with Crippen molar-refractivity contribution in [3.05, 3.63) is 116 Å². The number of thiocyanates is 1. The second-order valence-corrected chi connectivity index (χ2v) is 14.2. The molecular weight excluding hydrogens is 765 g/mol. The fourth-order valence-electron chi connectivity index (χ4n) is 4.73. The molecule has 0 amide bonds. The number of rotatable bonds is 8. The van der Waals surface area contributed by atoms with Crippen LogP contribution in [0.25, 0.3) is 21.5 Å². The van der Waals surface area contributed by atoms with Crippen LogP contribution in [0.4, 0.5) is 27.2 Å². The van der Waals surface area contributed by atoms with E-state index in [2.05, 4.69) is 35.6 Å². The van der Waals surface area contributed by atoms with Gasteiger partial charge in [-0.2, -0.15) is 15.0 Å². The number of thioether (sulfide) groups is 1. The second kappa shape index (κ2) is 17.9. The van der Waals surface area contributed by atoms with E-state index in [1.807, 2.05) is 35.9 Å². The first kappa shape index (κ1) is 40.2. The van der Waals surface area contributed by atoms with E-state index in [4.69, 9.17) is 15.7 Å². The fourth-order valence-corrected chi connectivity index (χ4v) is 5.92. The topological polar surface area (TPSA) is 273 Å². The molecule has 1 aliphatic rings. The molecule has 0 saturated heterocycles. The van der Waals surface area contributed by atoms with Crippen molar-refractivity contribution in [3.8, 4) is 16.0 Å².